The minimum atomic E-state index is -0.732. The molecule has 0 saturated carbocycles. The monoisotopic (exact) mass is 257 g/mol. The maximum atomic E-state index is 10.9. The zero-order valence-electron chi connectivity index (χ0n) is 10.7. The summed E-state index contributed by atoms with van der Waals surface area (Å²) in [6.07, 6.45) is 1.81. The Morgan fingerprint density at radius 2 is 2.16 bits per heavy atom. The number of hydrogen-bond donors (Lipinski definition) is 1. The number of rotatable bonds is 3. The summed E-state index contributed by atoms with van der Waals surface area (Å²) in [5, 5.41) is 9.98. The molecular formula is C14H15N3O2. The van der Waals surface area contributed by atoms with Crippen LogP contribution in [0.1, 0.15) is 6.92 Å². The molecule has 0 amide bonds. The van der Waals surface area contributed by atoms with E-state index in [0.717, 1.165) is 10.9 Å². The molecule has 19 heavy (non-hydrogen) atoms. The van der Waals surface area contributed by atoms with Gasteiger partial charge in [-0.25, -0.2) is 9.97 Å². The molecule has 1 aliphatic heterocycles. The number of carbonyl (C=O) groups is 1. The molecule has 5 heteroatoms. The molecule has 1 saturated heterocycles. The van der Waals surface area contributed by atoms with Crippen molar-refractivity contribution in [3.63, 3.8) is 0 Å². The van der Waals surface area contributed by atoms with E-state index in [2.05, 4.69) is 9.97 Å². The topological polar surface area (TPSA) is 66.3 Å². The Balaban J connectivity index is 1.75. The second-order valence-corrected chi connectivity index (χ2v) is 5.02. The van der Waals surface area contributed by atoms with Crippen LogP contribution in [0.4, 0.5) is 5.95 Å². The maximum Gasteiger partial charge on any atom is 0.306 e. The Hall–Kier alpha value is -2.17. The van der Waals surface area contributed by atoms with Gasteiger partial charge in [0.2, 0.25) is 5.95 Å². The van der Waals surface area contributed by atoms with Crippen molar-refractivity contribution in [2.24, 2.45) is 11.8 Å². The lowest BCUT2D eigenvalue weighted by atomic mass is 9.87. The molecule has 2 aromatic rings. The van der Waals surface area contributed by atoms with Gasteiger partial charge in [-0.1, -0.05) is 25.1 Å². The van der Waals surface area contributed by atoms with Crippen LogP contribution in [0.5, 0.6) is 0 Å². The van der Waals surface area contributed by atoms with Crippen LogP contribution in [0.25, 0.3) is 10.9 Å². The van der Waals surface area contributed by atoms with Crippen molar-refractivity contribution in [1.82, 2.24) is 9.97 Å². The van der Waals surface area contributed by atoms with Crippen LogP contribution in [0, 0.1) is 11.8 Å². The van der Waals surface area contributed by atoms with Gasteiger partial charge in [-0.2, -0.15) is 0 Å². The minimum Gasteiger partial charge on any atom is -0.481 e. The highest BCUT2D eigenvalue weighted by molar-refractivity contribution is 5.78. The third kappa shape index (κ3) is 2.12. The van der Waals surface area contributed by atoms with Crippen molar-refractivity contribution < 1.29 is 9.90 Å². The van der Waals surface area contributed by atoms with Gasteiger partial charge in [0.1, 0.15) is 0 Å². The molecular weight excluding hydrogens is 242 g/mol. The number of anilines is 1. The van der Waals surface area contributed by atoms with Gasteiger partial charge in [0.15, 0.2) is 0 Å². The highest BCUT2D eigenvalue weighted by Gasteiger charge is 2.35. The summed E-state index contributed by atoms with van der Waals surface area (Å²) in [5.74, 6) is -0.166. The fraction of sp³-hybridized carbons (Fsp3) is 0.357. The van der Waals surface area contributed by atoms with E-state index in [4.69, 9.17) is 5.11 Å². The maximum absolute atomic E-state index is 10.9. The van der Waals surface area contributed by atoms with Gasteiger partial charge in [0.05, 0.1) is 11.4 Å². The van der Waals surface area contributed by atoms with Crippen LogP contribution < -0.4 is 4.90 Å². The van der Waals surface area contributed by atoms with E-state index in [1.807, 2.05) is 35.4 Å². The molecule has 1 aromatic carbocycles. The molecule has 1 N–H and O–H groups in total. The van der Waals surface area contributed by atoms with Crippen molar-refractivity contribution in [3.8, 4) is 0 Å². The number of fused-ring (bicyclic) bond motifs is 1. The first-order valence-corrected chi connectivity index (χ1v) is 6.34. The zero-order valence-corrected chi connectivity index (χ0v) is 10.7. The van der Waals surface area contributed by atoms with Gasteiger partial charge in [0.25, 0.3) is 0 Å². The van der Waals surface area contributed by atoms with E-state index in [0.29, 0.717) is 19.0 Å². The third-order valence-corrected chi connectivity index (χ3v) is 3.77. The average Bonchev–Trinajstić information content (AvgIpc) is 2.36. The summed E-state index contributed by atoms with van der Waals surface area (Å²) < 4.78 is 0. The fourth-order valence-electron chi connectivity index (χ4n) is 2.31. The molecule has 1 atom stereocenters. The van der Waals surface area contributed by atoms with Gasteiger partial charge in [-0.3, -0.25) is 4.79 Å². The molecule has 1 aromatic heterocycles. The Bertz CT molecular complexity index is 623. The first-order chi connectivity index (χ1) is 9.15. The van der Waals surface area contributed by atoms with E-state index in [9.17, 15) is 4.79 Å². The van der Waals surface area contributed by atoms with Crippen molar-refractivity contribution in [2.75, 3.05) is 18.0 Å². The molecule has 98 valence electrons. The molecule has 3 rings (SSSR count). The summed E-state index contributed by atoms with van der Waals surface area (Å²) in [6.45, 7) is 3.18. The number of aliphatic carboxylic acids is 1. The summed E-state index contributed by atoms with van der Waals surface area (Å²) in [6, 6.07) is 7.84. The van der Waals surface area contributed by atoms with Crippen molar-refractivity contribution in [1.29, 1.82) is 0 Å². The number of nitrogens with zero attached hydrogens (tertiary/aromatic N) is 3. The third-order valence-electron chi connectivity index (χ3n) is 3.77. The average molecular weight is 257 g/mol. The molecule has 1 aliphatic rings. The predicted molar refractivity (Wildman–Crippen MR) is 72.0 cm³/mol. The van der Waals surface area contributed by atoms with E-state index < -0.39 is 5.97 Å². The highest BCUT2D eigenvalue weighted by atomic mass is 16.4. The van der Waals surface area contributed by atoms with E-state index >= 15 is 0 Å². The number of para-hydroxylation sites is 1. The van der Waals surface area contributed by atoms with E-state index in [1.54, 1.807) is 6.92 Å². The number of carboxylic acids is 1. The van der Waals surface area contributed by atoms with Crippen LogP contribution in [-0.4, -0.2) is 34.1 Å². The van der Waals surface area contributed by atoms with E-state index in [-0.39, 0.29) is 11.8 Å². The predicted octanol–water partition coefficient (Wildman–Crippen LogP) is 1.79. The molecule has 1 fully saturated rings. The number of aromatic nitrogens is 2. The summed E-state index contributed by atoms with van der Waals surface area (Å²) in [7, 11) is 0. The standard InChI is InChI=1S/C14H15N3O2/c1-9(13(18)19)11-7-17(8-11)14-15-6-10-4-2-3-5-12(10)16-14/h2-6,9,11H,7-8H2,1H3,(H,18,19). The van der Waals surface area contributed by atoms with Crippen LogP contribution in [0.3, 0.4) is 0 Å². The van der Waals surface area contributed by atoms with Gasteiger partial charge in [-0.05, 0) is 6.07 Å². The van der Waals surface area contributed by atoms with E-state index in [1.165, 1.54) is 0 Å². The number of hydrogen-bond acceptors (Lipinski definition) is 4. The second-order valence-electron chi connectivity index (χ2n) is 5.02. The molecule has 0 spiro atoms. The lowest BCUT2D eigenvalue weighted by Crippen LogP contribution is -2.51. The molecule has 5 nitrogen and oxygen atoms in total. The Kier molecular flexibility index (Phi) is 2.81. The van der Waals surface area contributed by atoms with Crippen LogP contribution >= 0.6 is 0 Å². The van der Waals surface area contributed by atoms with Gasteiger partial charge < -0.3 is 10.0 Å². The first kappa shape index (κ1) is 11.9. The molecule has 1 unspecified atom stereocenters. The zero-order chi connectivity index (χ0) is 13.4. The summed E-state index contributed by atoms with van der Waals surface area (Å²) in [4.78, 5) is 21.8. The minimum absolute atomic E-state index is 0.188. The van der Waals surface area contributed by atoms with Crippen LogP contribution in [0.15, 0.2) is 30.5 Å². The molecule has 0 radical (unpaired) electrons. The molecule has 0 bridgehead atoms. The van der Waals surface area contributed by atoms with Crippen molar-refractivity contribution in [3.05, 3.63) is 30.5 Å². The Morgan fingerprint density at radius 1 is 1.42 bits per heavy atom. The van der Waals surface area contributed by atoms with Crippen LogP contribution in [0.2, 0.25) is 0 Å². The Morgan fingerprint density at radius 3 is 2.89 bits per heavy atom. The lowest BCUT2D eigenvalue weighted by molar-refractivity contribution is -0.143. The molecule has 0 aliphatic carbocycles. The summed E-state index contributed by atoms with van der Waals surface area (Å²) >= 11 is 0. The summed E-state index contributed by atoms with van der Waals surface area (Å²) in [5.41, 5.74) is 0.919. The fourth-order valence-corrected chi connectivity index (χ4v) is 2.31. The Labute approximate surface area is 110 Å². The highest BCUT2D eigenvalue weighted by Crippen LogP contribution is 2.27. The van der Waals surface area contributed by atoms with Crippen molar-refractivity contribution in [2.45, 2.75) is 6.92 Å². The van der Waals surface area contributed by atoms with Gasteiger partial charge in [0, 0.05) is 30.6 Å². The number of benzene rings is 1. The quantitative estimate of drug-likeness (QED) is 0.908. The van der Waals surface area contributed by atoms with Crippen molar-refractivity contribution >= 4 is 22.8 Å². The molecule has 2 heterocycles. The first-order valence-electron chi connectivity index (χ1n) is 6.34. The SMILES string of the molecule is CC(C(=O)O)C1CN(c2ncc3ccccc3n2)C1. The van der Waals surface area contributed by atoms with Gasteiger partial charge in [-0.15, -0.1) is 0 Å². The van der Waals surface area contributed by atoms with Crippen LogP contribution in [-0.2, 0) is 4.79 Å². The van der Waals surface area contributed by atoms with Gasteiger partial charge >= 0.3 is 5.97 Å². The largest absolute Gasteiger partial charge is 0.481 e. The normalized spacial score (nSPS) is 17.2. The number of carboxylic acid groups (broad SMARTS) is 1. The lowest BCUT2D eigenvalue weighted by Gasteiger charge is -2.41. The second kappa shape index (κ2) is 4.50. The smallest absolute Gasteiger partial charge is 0.306 e.